The Morgan fingerprint density at radius 3 is 2.40 bits per heavy atom. The molecule has 4 nitrogen and oxygen atoms in total. The van der Waals surface area contributed by atoms with Gasteiger partial charge < -0.3 is 10.6 Å². The van der Waals surface area contributed by atoms with Crippen molar-refractivity contribution in [1.82, 2.24) is 5.32 Å². The van der Waals surface area contributed by atoms with Gasteiger partial charge in [0.05, 0.1) is 16.3 Å². The van der Waals surface area contributed by atoms with E-state index in [4.69, 9.17) is 11.6 Å². The van der Waals surface area contributed by atoms with E-state index in [1.807, 2.05) is 26.0 Å². The lowest BCUT2D eigenvalue weighted by molar-refractivity contribution is -0.118. The molecule has 1 atom stereocenters. The third kappa shape index (κ3) is 5.30. The van der Waals surface area contributed by atoms with Gasteiger partial charge in [0.1, 0.15) is 6.04 Å². The van der Waals surface area contributed by atoms with Gasteiger partial charge in [-0.2, -0.15) is 0 Å². The van der Waals surface area contributed by atoms with E-state index in [1.54, 1.807) is 30.3 Å². The van der Waals surface area contributed by atoms with Crippen LogP contribution in [0.3, 0.4) is 0 Å². The molecule has 0 aliphatic carbocycles. The number of halogens is 3. The SMILES string of the molecule is CC(C)C(NC(=O)c1ccccc1Cl)C(=O)Nc1cc(Br)ccc1Br. The second kappa shape index (κ2) is 8.83. The second-order valence-electron chi connectivity index (χ2n) is 5.79. The van der Waals surface area contributed by atoms with Gasteiger partial charge in [0.25, 0.3) is 5.91 Å². The smallest absolute Gasteiger partial charge is 0.253 e. The highest BCUT2D eigenvalue weighted by Gasteiger charge is 2.26. The number of hydrogen-bond donors (Lipinski definition) is 2. The summed E-state index contributed by atoms with van der Waals surface area (Å²) in [6.45, 7) is 3.74. The minimum Gasteiger partial charge on any atom is -0.340 e. The fraction of sp³-hybridized carbons (Fsp3) is 0.222. The van der Waals surface area contributed by atoms with E-state index in [-0.39, 0.29) is 17.7 Å². The number of hydrogen-bond acceptors (Lipinski definition) is 2. The Balaban J connectivity index is 2.17. The summed E-state index contributed by atoms with van der Waals surface area (Å²) in [6.07, 6.45) is 0. The van der Waals surface area contributed by atoms with Crippen molar-refractivity contribution in [3.63, 3.8) is 0 Å². The molecule has 25 heavy (non-hydrogen) atoms. The predicted octanol–water partition coefficient (Wildman–Crippen LogP) is 5.26. The summed E-state index contributed by atoms with van der Waals surface area (Å²) < 4.78 is 1.59. The molecule has 2 amide bonds. The lowest BCUT2D eigenvalue weighted by Crippen LogP contribution is -2.47. The van der Waals surface area contributed by atoms with Gasteiger partial charge in [-0.25, -0.2) is 0 Å². The normalized spacial score (nSPS) is 11.9. The van der Waals surface area contributed by atoms with Crippen LogP contribution in [-0.4, -0.2) is 17.9 Å². The molecule has 0 fully saturated rings. The van der Waals surface area contributed by atoms with Crippen LogP contribution < -0.4 is 10.6 Å². The monoisotopic (exact) mass is 486 g/mol. The molecule has 2 aromatic carbocycles. The highest BCUT2D eigenvalue weighted by molar-refractivity contribution is 9.11. The van der Waals surface area contributed by atoms with Crippen LogP contribution in [0.25, 0.3) is 0 Å². The van der Waals surface area contributed by atoms with Gasteiger partial charge in [0, 0.05) is 8.95 Å². The van der Waals surface area contributed by atoms with E-state index >= 15 is 0 Å². The van der Waals surface area contributed by atoms with E-state index in [0.717, 1.165) is 8.95 Å². The van der Waals surface area contributed by atoms with Gasteiger partial charge in [0.2, 0.25) is 5.91 Å². The fourth-order valence-corrected chi connectivity index (χ4v) is 3.13. The first kappa shape index (κ1) is 19.9. The van der Waals surface area contributed by atoms with Crippen LogP contribution in [0.4, 0.5) is 5.69 Å². The molecule has 0 aromatic heterocycles. The first-order valence-corrected chi connectivity index (χ1v) is 9.57. The number of amides is 2. The minimum atomic E-state index is -0.699. The van der Waals surface area contributed by atoms with Gasteiger partial charge in [-0.1, -0.05) is 53.5 Å². The first-order valence-electron chi connectivity index (χ1n) is 7.61. The molecule has 2 aromatic rings. The molecule has 2 rings (SSSR count). The molecular formula is C18H17Br2ClN2O2. The number of carbonyl (C=O) groups is 2. The molecule has 0 radical (unpaired) electrons. The molecule has 0 saturated heterocycles. The summed E-state index contributed by atoms with van der Waals surface area (Å²) in [4.78, 5) is 25.1. The van der Waals surface area contributed by atoms with Gasteiger partial charge in [-0.15, -0.1) is 0 Å². The number of carbonyl (C=O) groups excluding carboxylic acids is 2. The Morgan fingerprint density at radius 1 is 1.08 bits per heavy atom. The topological polar surface area (TPSA) is 58.2 Å². The number of rotatable bonds is 5. The predicted molar refractivity (Wildman–Crippen MR) is 108 cm³/mol. The average molecular weight is 489 g/mol. The number of nitrogens with one attached hydrogen (secondary N) is 2. The van der Waals surface area contributed by atoms with Crippen molar-refractivity contribution in [3.05, 3.63) is 62.0 Å². The molecule has 0 spiro atoms. The summed E-state index contributed by atoms with van der Waals surface area (Å²) in [5.74, 6) is -0.778. The molecule has 2 N–H and O–H groups in total. The third-order valence-electron chi connectivity index (χ3n) is 3.54. The first-order chi connectivity index (χ1) is 11.8. The van der Waals surface area contributed by atoms with Gasteiger partial charge in [0.15, 0.2) is 0 Å². The summed E-state index contributed by atoms with van der Waals surface area (Å²) >= 11 is 12.8. The van der Waals surface area contributed by atoms with Crippen LogP contribution in [0.15, 0.2) is 51.4 Å². The quantitative estimate of drug-likeness (QED) is 0.603. The fourth-order valence-electron chi connectivity index (χ4n) is 2.20. The van der Waals surface area contributed by atoms with Crippen molar-refractivity contribution in [3.8, 4) is 0 Å². The summed E-state index contributed by atoms with van der Waals surface area (Å²) in [7, 11) is 0. The zero-order valence-electron chi connectivity index (χ0n) is 13.6. The maximum absolute atomic E-state index is 12.7. The Kier molecular flexibility index (Phi) is 7.04. The third-order valence-corrected chi connectivity index (χ3v) is 5.05. The minimum absolute atomic E-state index is 0.0997. The van der Waals surface area contributed by atoms with Crippen LogP contribution in [0.5, 0.6) is 0 Å². The molecule has 1 unspecified atom stereocenters. The lowest BCUT2D eigenvalue weighted by Gasteiger charge is -2.22. The molecule has 0 aliphatic rings. The van der Waals surface area contributed by atoms with Gasteiger partial charge >= 0.3 is 0 Å². The summed E-state index contributed by atoms with van der Waals surface area (Å²) in [6, 6.07) is 11.5. The van der Waals surface area contributed by atoms with Crippen LogP contribution in [0, 0.1) is 5.92 Å². The second-order valence-corrected chi connectivity index (χ2v) is 7.97. The van der Waals surface area contributed by atoms with Crippen molar-refractivity contribution in [2.75, 3.05) is 5.32 Å². The zero-order valence-corrected chi connectivity index (χ0v) is 17.6. The molecule has 0 bridgehead atoms. The maximum Gasteiger partial charge on any atom is 0.253 e. The molecular weight excluding hydrogens is 471 g/mol. The Bertz CT molecular complexity index is 796. The van der Waals surface area contributed by atoms with E-state index < -0.39 is 6.04 Å². The largest absolute Gasteiger partial charge is 0.340 e. The Hall–Kier alpha value is -1.37. The summed E-state index contributed by atoms with van der Waals surface area (Å²) in [5, 5.41) is 5.95. The molecule has 0 saturated carbocycles. The standard InChI is InChI=1S/C18H17Br2ClN2O2/c1-10(2)16(23-17(24)12-5-3-4-6-14(12)21)18(25)22-15-9-11(19)7-8-13(15)20/h3-10,16H,1-2H3,(H,22,25)(H,23,24). The molecule has 0 heterocycles. The Labute approximate surface area is 168 Å². The van der Waals surface area contributed by atoms with E-state index in [0.29, 0.717) is 16.3 Å². The molecule has 0 aliphatic heterocycles. The zero-order chi connectivity index (χ0) is 18.6. The average Bonchev–Trinajstić information content (AvgIpc) is 2.55. The van der Waals surface area contributed by atoms with E-state index in [2.05, 4.69) is 42.5 Å². The van der Waals surface area contributed by atoms with Gasteiger partial charge in [-0.3, -0.25) is 9.59 Å². The van der Waals surface area contributed by atoms with Crippen LogP contribution in [0.2, 0.25) is 5.02 Å². The van der Waals surface area contributed by atoms with Crippen molar-refractivity contribution in [2.45, 2.75) is 19.9 Å². The highest BCUT2D eigenvalue weighted by atomic mass is 79.9. The van der Waals surface area contributed by atoms with E-state index in [9.17, 15) is 9.59 Å². The van der Waals surface area contributed by atoms with Crippen molar-refractivity contribution < 1.29 is 9.59 Å². The maximum atomic E-state index is 12.7. The molecule has 132 valence electrons. The van der Waals surface area contributed by atoms with Gasteiger partial charge in [-0.05, 0) is 52.2 Å². The number of anilines is 1. The lowest BCUT2D eigenvalue weighted by atomic mass is 10.0. The summed E-state index contributed by atoms with van der Waals surface area (Å²) in [5.41, 5.74) is 0.961. The van der Waals surface area contributed by atoms with Crippen molar-refractivity contribution >= 4 is 61.0 Å². The van der Waals surface area contributed by atoms with E-state index in [1.165, 1.54) is 0 Å². The highest BCUT2D eigenvalue weighted by Crippen LogP contribution is 2.26. The number of benzene rings is 2. The molecule has 7 heteroatoms. The Morgan fingerprint density at radius 2 is 1.76 bits per heavy atom. The van der Waals surface area contributed by atoms with Crippen molar-refractivity contribution in [2.24, 2.45) is 5.92 Å². The van der Waals surface area contributed by atoms with Crippen LogP contribution >= 0.6 is 43.5 Å². The van der Waals surface area contributed by atoms with Crippen molar-refractivity contribution in [1.29, 1.82) is 0 Å². The van der Waals surface area contributed by atoms with Crippen LogP contribution in [0.1, 0.15) is 24.2 Å². The van der Waals surface area contributed by atoms with Crippen LogP contribution in [-0.2, 0) is 4.79 Å².